The number of unbranched alkanes of at least 4 members (excludes halogenated alkanes) is 2. The number of rotatable bonds is 8. The fourth-order valence-corrected chi connectivity index (χ4v) is 2.17. The van der Waals surface area contributed by atoms with Crippen molar-refractivity contribution in [1.29, 1.82) is 0 Å². The van der Waals surface area contributed by atoms with Crippen molar-refractivity contribution in [3.05, 3.63) is 35.4 Å². The van der Waals surface area contributed by atoms with Crippen LogP contribution in [0.1, 0.15) is 51.2 Å². The lowest BCUT2D eigenvalue weighted by Crippen LogP contribution is -2.31. The van der Waals surface area contributed by atoms with Crippen LogP contribution in [0.5, 0.6) is 0 Å². The number of nitrogens with two attached hydrogens (primary N) is 1. The summed E-state index contributed by atoms with van der Waals surface area (Å²) in [7, 11) is 0. The highest BCUT2D eigenvalue weighted by Crippen LogP contribution is 2.12. The molecule has 0 aliphatic heterocycles. The van der Waals surface area contributed by atoms with E-state index in [1.54, 1.807) is 0 Å². The maximum absolute atomic E-state index is 5.69. The second kappa shape index (κ2) is 8.28. The van der Waals surface area contributed by atoms with Crippen LogP contribution in [0.3, 0.4) is 0 Å². The van der Waals surface area contributed by atoms with Crippen molar-refractivity contribution in [2.24, 2.45) is 5.73 Å². The van der Waals surface area contributed by atoms with E-state index in [9.17, 15) is 0 Å². The lowest BCUT2D eigenvalue weighted by atomic mass is 10.1. The standard InChI is InChI=1S/C16H28N2/c1-4-5-6-10-18(14(2)3)13-16-9-7-8-15(11-16)12-17/h7-9,11,14H,4-6,10,12-13,17H2,1-3H3. The van der Waals surface area contributed by atoms with Crippen LogP contribution in [0.4, 0.5) is 0 Å². The van der Waals surface area contributed by atoms with E-state index in [4.69, 9.17) is 5.73 Å². The second-order valence-corrected chi connectivity index (χ2v) is 5.30. The average molecular weight is 248 g/mol. The number of benzene rings is 1. The van der Waals surface area contributed by atoms with E-state index < -0.39 is 0 Å². The van der Waals surface area contributed by atoms with Gasteiger partial charge in [0.15, 0.2) is 0 Å². The number of nitrogens with zero attached hydrogens (tertiary/aromatic N) is 1. The zero-order chi connectivity index (χ0) is 13.4. The molecular weight excluding hydrogens is 220 g/mol. The van der Waals surface area contributed by atoms with E-state index in [0.29, 0.717) is 12.6 Å². The van der Waals surface area contributed by atoms with Gasteiger partial charge in [0.1, 0.15) is 0 Å². The first-order chi connectivity index (χ1) is 8.67. The fraction of sp³-hybridized carbons (Fsp3) is 0.625. The lowest BCUT2D eigenvalue weighted by Gasteiger charge is -2.26. The SMILES string of the molecule is CCCCCN(Cc1cccc(CN)c1)C(C)C. The van der Waals surface area contributed by atoms with Crippen molar-refractivity contribution in [2.75, 3.05) is 6.54 Å². The van der Waals surface area contributed by atoms with Gasteiger partial charge in [-0.05, 0) is 37.9 Å². The highest BCUT2D eigenvalue weighted by Gasteiger charge is 2.09. The maximum Gasteiger partial charge on any atom is 0.0236 e. The highest BCUT2D eigenvalue weighted by atomic mass is 15.1. The fourth-order valence-electron chi connectivity index (χ4n) is 2.17. The van der Waals surface area contributed by atoms with Crippen LogP contribution in [0, 0.1) is 0 Å². The van der Waals surface area contributed by atoms with E-state index in [0.717, 1.165) is 6.54 Å². The van der Waals surface area contributed by atoms with Crippen LogP contribution < -0.4 is 5.73 Å². The molecule has 0 saturated heterocycles. The molecule has 0 bridgehead atoms. The summed E-state index contributed by atoms with van der Waals surface area (Å²) in [4.78, 5) is 2.55. The Morgan fingerprint density at radius 1 is 1.17 bits per heavy atom. The summed E-state index contributed by atoms with van der Waals surface area (Å²) in [6.45, 7) is 9.67. The Hall–Kier alpha value is -0.860. The molecule has 0 aromatic heterocycles. The predicted molar refractivity (Wildman–Crippen MR) is 79.4 cm³/mol. The summed E-state index contributed by atoms with van der Waals surface area (Å²) in [5.74, 6) is 0. The van der Waals surface area contributed by atoms with E-state index in [2.05, 4.69) is 49.9 Å². The minimum atomic E-state index is 0.600. The summed E-state index contributed by atoms with van der Waals surface area (Å²) >= 11 is 0. The van der Waals surface area contributed by atoms with Gasteiger partial charge in [0.2, 0.25) is 0 Å². The van der Waals surface area contributed by atoms with Gasteiger partial charge < -0.3 is 5.73 Å². The molecule has 0 aliphatic rings. The molecule has 2 N–H and O–H groups in total. The van der Waals surface area contributed by atoms with Gasteiger partial charge >= 0.3 is 0 Å². The third-order valence-electron chi connectivity index (χ3n) is 3.39. The van der Waals surface area contributed by atoms with Gasteiger partial charge in [-0.15, -0.1) is 0 Å². The van der Waals surface area contributed by atoms with Gasteiger partial charge in [-0.25, -0.2) is 0 Å². The monoisotopic (exact) mass is 248 g/mol. The molecule has 0 atom stereocenters. The van der Waals surface area contributed by atoms with E-state index >= 15 is 0 Å². The van der Waals surface area contributed by atoms with Gasteiger partial charge in [0.05, 0.1) is 0 Å². The van der Waals surface area contributed by atoms with Gasteiger partial charge in [-0.3, -0.25) is 4.90 Å². The summed E-state index contributed by atoms with van der Waals surface area (Å²) < 4.78 is 0. The van der Waals surface area contributed by atoms with E-state index in [-0.39, 0.29) is 0 Å². The molecule has 18 heavy (non-hydrogen) atoms. The minimum Gasteiger partial charge on any atom is -0.326 e. The Labute approximate surface area is 112 Å². The Kier molecular flexibility index (Phi) is 6.99. The molecule has 0 unspecified atom stereocenters. The molecule has 1 rings (SSSR count). The van der Waals surface area contributed by atoms with Gasteiger partial charge in [0, 0.05) is 19.1 Å². The van der Waals surface area contributed by atoms with Crippen molar-refractivity contribution in [3.8, 4) is 0 Å². The van der Waals surface area contributed by atoms with E-state index in [1.165, 1.54) is 36.9 Å². The smallest absolute Gasteiger partial charge is 0.0236 e. The van der Waals surface area contributed by atoms with Crippen molar-refractivity contribution < 1.29 is 0 Å². The predicted octanol–water partition coefficient (Wildman–Crippen LogP) is 3.55. The first-order valence-electron chi connectivity index (χ1n) is 7.19. The van der Waals surface area contributed by atoms with Gasteiger partial charge in [-0.2, -0.15) is 0 Å². The largest absolute Gasteiger partial charge is 0.326 e. The number of hydrogen-bond donors (Lipinski definition) is 1. The number of hydrogen-bond acceptors (Lipinski definition) is 2. The molecule has 1 aromatic carbocycles. The summed E-state index contributed by atoms with van der Waals surface area (Å²) in [5.41, 5.74) is 8.30. The quantitative estimate of drug-likeness (QED) is 0.713. The van der Waals surface area contributed by atoms with Gasteiger partial charge in [0.25, 0.3) is 0 Å². The molecule has 0 fully saturated rings. The third kappa shape index (κ3) is 5.19. The molecule has 0 spiro atoms. The zero-order valence-electron chi connectivity index (χ0n) is 12.2. The molecule has 0 aliphatic carbocycles. The van der Waals surface area contributed by atoms with Crippen molar-refractivity contribution in [3.63, 3.8) is 0 Å². The average Bonchev–Trinajstić information content (AvgIpc) is 2.38. The first kappa shape index (κ1) is 15.2. The lowest BCUT2D eigenvalue weighted by molar-refractivity contribution is 0.208. The van der Waals surface area contributed by atoms with Crippen LogP contribution in [0.15, 0.2) is 24.3 Å². The van der Waals surface area contributed by atoms with Crippen LogP contribution in [-0.2, 0) is 13.1 Å². The maximum atomic E-state index is 5.69. The van der Waals surface area contributed by atoms with Crippen LogP contribution in [0.2, 0.25) is 0 Å². The molecule has 2 heteroatoms. The van der Waals surface area contributed by atoms with Crippen LogP contribution in [0.25, 0.3) is 0 Å². The van der Waals surface area contributed by atoms with Crippen molar-refractivity contribution >= 4 is 0 Å². The van der Waals surface area contributed by atoms with Crippen LogP contribution >= 0.6 is 0 Å². The minimum absolute atomic E-state index is 0.600. The molecule has 0 radical (unpaired) electrons. The van der Waals surface area contributed by atoms with Gasteiger partial charge in [-0.1, -0.05) is 44.0 Å². The van der Waals surface area contributed by atoms with Crippen molar-refractivity contribution in [1.82, 2.24) is 4.90 Å². The Balaban J connectivity index is 2.58. The summed E-state index contributed by atoms with van der Waals surface area (Å²) in [6, 6.07) is 9.25. The molecule has 1 aromatic rings. The molecule has 0 heterocycles. The molecule has 2 nitrogen and oxygen atoms in total. The molecule has 0 amide bonds. The second-order valence-electron chi connectivity index (χ2n) is 5.30. The molecule has 0 saturated carbocycles. The van der Waals surface area contributed by atoms with Crippen LogP contribution in [-0.4, -0.2) is 17.5 Å². The third-order valence-corrected chi connectivity index (χ3v) is 3.39. The summed E-state index contributed by atoms with van der Waals surface area (Å²) in [5, 5.41) is 0. The topological polar surface area (TPSA) is 29.3 Å². The Morgan fingerprint density at radius 3 is 2.50 bits per heavy atom. The zero-order valence-corrected chi connectivity index (χ0v) is 12.2. The van der Waals surface area contributed by atoms with E-state index in [1.807, 2.05) is 0 Å². The summed E-state index contributed by atoms with van der Waals surface area (Å²) in [6.07, 6.45) is 3.91. The molecular formula is C16H28N2. The van der Waals surface area contributed by atoms with Crippen molar-refractivity contribution in [2.45, 2.75) is 59.2 Å². The first-order valence-corrected chi connectivity index (χ1v) is 7.19. The highest BCUT2D eigenvalue weighted by molar-refractivity contribution is 5.23. The Morgan fingerprint density at radius 2 is 1.89 bits per heavy atom. The normalized spacial score (nSPS) is 11.4. The molecule has 102 valence electrons. The Bertz CT molecular complexity index is 334.